The number of thioether (sulfide) groups is 1. The van der Waals surface area contributed by atoms with E-state index >= 15 is 0 Å². The SMILES string of the molecule is CSc1cccc2oc(C3=C(C)NC4C(c5ccccc5)C(C(F)(F)F)NN4C3=O)nc12. The zero-order chi connectivity index (χ0) is 22.6. The number of hydrogen-bond donors (Lipinski definition) is 2. The van der Waals surface area contributed by atoms with Crippen LogP contribution in [0.2, 0.25) is 0 Å². The molecule has 5 rings (SSSR count). The quantitative estimate of drug-likeness (QED) is 0.569. The van der Waals surface area contributed by atoms with Gasteiger partial charge in [0.1, 0.15) is 23.3 Å². The minimum Gasteiger partial charge on any atom is -0.436 e. The molecule has 3 heterocycles. The number of carbonyl (C=O) groups is 1. The number of nitrogens with one attached hydrogen (secondary N) is 2. The van der Waals surface area contributed by atoms with E-state index in [-0.39, 0.29) is 11.5 Å². The molecule has 0 spiro atoms. The van der Waals surface area contributed by atoms with Crippen molar-refractivity contribution in [3.63, 3.8) is 0 Å². The maximum Gasteiger partial charge on any atom is 0.406 e. The number of carbonyl (C=O) groups excluding carboxylic acids is 1. The zero-order valence-corrected chi connectivity index (χ0v) is 17.9. The summed E-state index contributed by atoms with van der Waals surface area (Å²) in [6, 6.07) is 11.9. The largest absolute Gasteiger partial charge is 0.436 e. The highest BCUT2D eigenvalue weighted by molar-refractivity contribution is 7.98. The van der Waals surface area contributed by atoms with Crippen LogP contribution >= 0.6 is 11.8 Å². The highest BCUT2D eigenvalue weighted by atomic mass is 32.2. The van der Waals surface area contributed by atoms with Gasteiger partial charge < -0.3 is 9.73 Å². The summed E-state index contributed by atoms with van der Waals surface area (Å²) in [5.74, 6) is -1.57. The fourth-order valence-corrected chi connectivity index (χ4v) is 4.90. The van der Waals surface area contributed by atoms with E-state index in [1.165, 1.54) is 11.8 Å². The zero-order valence-electron chi connectivity index (χ0n) is 17.1. The topological polar surface area (TPSA) is 70.4 Å². The smallest absolute Gasteiger partial charge is 0.406 e. The number of hydrazine groups is 1. The van der Waals surface area contributed by atoms with Crippen LogP contribution in [0.5, 0.6) is 0 Å². The standard InChI is InChI=1S/C22H19F3N4O2S/c1-11-15(20-27-17-13(31-20)9-6-10-14(17)32-2)21(30)29-19(26-11)16(12-7-4-3-5-8-12)18(28-29)22(23,24)25/h3-10,16,18-19,26,28H,1-2H3. The molecule has 2 aliphatic rings. The average Bonchev–Trinajstić information content (AvgIpc) is 3.36. The van der Waals surface area contributed by atoms with Crippen molar-refractivity contribution in [1.29, 1.82) is 0 Å². The number of nitrogens with zero attached hydrogens (tertiary/aromatic N) is 2. The molecular formula is C22H19F3N4O2S. The summed E-state index contributed by atoms with van der Waals surface area (Å²) in [5, 5.41) is 4.11. The van der Waals surface area contributed by atoms with E-state index < -0.39 is 30.2 Å². The number of allylic oxidation sites excluding steroid dienone is 1. The number of rotatable bonds is 3. The van der Waals surface area contributed by atoms with Crippen LogP contribution in [0, 0.1) is 0 Å². The lowest BCUT2D eigenvalue weighted by atomic mass is 9.89. The molecule has 166 valence electrons. The van der Waals surface area contributed by atoms with E-state index in [9.17, 15) is 18.0 Å². The number of fused-ring (bicyclic) bond motifs is 2. The summed E-state index contributed by atoms with van der Waals surface area (Å²) in [6.07, 6.45) is -3.56. The molecule has 0 bridgehead atoms. The molecule has 0 aliphatic carbocycles. The van der Waals surface area contributed by atoms with Crippen molar-refractivity contribution >= 4 is 34.3 Å². The Bertz CT molecular complexity index is 1220. The van der Waals surface area contributed by atoms with Gasteiger partial charge in [-0.15, -0.1) is 11.8 Å². The number of benzene rings is 2. The van der Waals surface area contributed by atoms with Crippen molar-refractivity contribution in [2.45, 2.75) is 36.1 Å². The van der Waals surface area contributed by atoms with Crippen molar-refractivity contribution < 1.29 is 22.4 Å². The third kappa shape index (κ3) is 3.25. The fourth-order valence-electron chi connectivity index (χ4n) is 4.34. The summed E-state index contributed by atoms with van der Waals surface area (Å²) in [7, 11) is 0. The molecule has 0 saturated carbocycles. The van der Waals surface area contributed by atoms with Gasteiger partial charge in [0.2, 0.25) is 5.89 Å². The minimum atomic E-state index is -4.56. The number of amides is 1. The fraction of sp³-hybridized carbons (Fsp3) is 0.273. The molecule has 2 aromatic carbocycles. The summed E-state index contributed by atoms with van der Waals surface area (Å²) >= 11 is 1.49. The molecule has 32 heavy (non-hydrogen) atoms. The van der Waals surface area contributed by atoms with Crippen LogP contribution in [0.4, 0.5) is 13.2 Å². The van der Waals surface area contributed by atoms with Gasteiger partial charge in [0.05, 0.1) is 5.92 Å². The van der Waals surface area contributed by atoms with Gasteiger partial charge in [0.25, 0.3) is 5.91 Å². The van der Waals surface area contributed by atoms with Crippen LogP contribution in [0.25, 0.3) is 16.7 Å². The molecule has 2 N–H and O–H groups in total. The number of alkyl halides is 3. The highest BCUT2D eigenvalue weighted by Gasteiger charge is 2.58. The van der Waals surface area contributed by atoms with E-state index in [2.05, 4.69) is 15.7 Å². The summed E-state index contributed by atoms with van der Waals surface area (Å²) in [4.78, 5) is 18.8. The van der Waals surface area contributed by atoms with Crippen molar-refractivity contribution in [3.05, 3.63) is 65.7 Å². The Labute approximate surface area is 185 Å². The number of aromatic nitrogens is 1. The van der Waals surface area contributed by atoms with Gasteiger partial charge in [0, 0.05) is 10.6 Å². The lowest BCUT2D eigenvalue weighted by Gasteiger charge is -2.34. The number of halogens is 3. The Morgan fingerprint density at radius 1 is 1.12 bits per heavy atom. The summed E-state index contributed by atoms with van der Waals surface area (Å²) in [6.45, 7) is 1.65. The van der Waals surface area contributed by atoms with Crippen LogP contribution < -0.4 is 10.7 Å². The summed E-state index contributed by atoms with van der Waals surface area (Å²) < 4.78 is 47.6. The van der Waals surface area contributed by atoms with Crippen molar-refractivity contribution in [2.75, 3.05) is 6.26 Å². The van der Waals surface area contributed by atoms with Gasteiger partial charge in [-0.05, 0) is 30.9 Å². The predicted molar refractivity (Wildman–Crippen MR) is 114 cm³/mol. The second-order valence-electron chi connectivity index (χ2n) is 7.68. The lowest BCUT2D eigenvalue weighted by molar-refractivity contribution is -0.161. The normalized spacial score (nSPS) is 23.6. The molecule has 2 aliphatic heterocycles. The summed E-state index contributed by atoms with van der Waals surface area (Å²) in [5.41, 5.74) is 4.51. The molecule has 3 atom stereocenters. The monoisotopic (exact) mass is 460 g/mol. The third-order valence-electron chi connectivity index (χ3n) is 5.78. The van der Waals surface area contributed by atoms with Crippen LogP contribution in [0.1, 0.15) is 24.3 Å². The maximum atomic E-state index is 13.9. The van der Waals surface area contributed by atoms with Gasteiger partial charge in [-0.3, -0.25) is 4.79 Å². The predicted octanol–water partition coefficient (Wildman–Crippen LogP) is 4.27. The molecule has 0 radical (unpaired) electrons. The van der Waals surface area contributed by atoms with E-state index in [1.54, 1.807) is 43.3 Å². The van der Waals surface area contributed by atoms with Crippen LogP contribution in [0.15, 0.2) is 63.5 Å². The van der Waals surface area contributed by atoms with E-state index in [1.807, 2.05) is 18.4 Å². The maximum absolute atomic E-state index is 13.9. The molecule has 3 aromatic rings. The number of para-hydroxylation sites is 1. The first-order chi connectivity index (χ1) is 15.3. The Balaban J connectivity index is 1.58. The Hall–Kier alpha value is -2.98. The van der Waals surface area contributed by atoms with Crippen molar-refractivity contribution in [1.82, 2.24) is 20.7 Å². The number of oxazole rings is 1. The second-order valence-corrected chi connectivity index (χ2v) is 8.52. The average molecular weight is 460 g/mol. The minimum absolute atomic E-state index is 0.0727. The first-order valence-electron chi connectivity index (χ1n) is 9.92. The lowest BCUT2D eigenvalue weighted by Crippen LogP contribution is -2.54. The molecule has 1 aromatic heterocycles. The number of hydrogen-bond acceptors (Lipinski definition) is 6. The van der Waals surface area contributed by atoms with Crippen LogP contribution in [-0.4, -0.2) is 40.5 Å². The van der Waals surface area contributed by atoms with Gasteiger partial charge in [-0.25, -0.2) is 15.4 Å². The Morgan fingerprint density at radius 2 is 1.88 bits per heavy atom. The highest BCUT2D eigenvalue weighted by Crippen LogP contribution is 2.42. The van der Waals surface area contributed by atoms with Crippen molar-refractivity contribution in [3.8, 4) is 0 Å². The molecule has 3 unspecified atom stereocenters. The first kappa shape index (κ1) is 20.9. The van der Waals surface area contributed by atoms with E-state index in [0.717, 1.165) is 9.90 Å². The van der Waals surface area contributed by atoms with Gasteiger partial charge in [0.15, 0.2) is 5.58 Å². The van der Waals surface area contributed by atoms with Crippen LogP contribution in [-0.2, 0) is 4.79 Å². The van der Waals surface area contributed by atoms with E-state index in [0.29, 0.717) is 22.4 Å². The van der Waals surface area contributed by atoms with Crippen LogP contribution in [0.3, 0.4) is 0 Å². The molecule has 1 amide bonds. The Morgan fingerprint density at radius 3 is 2.56 bits per heavy atom. The molecule has 10 heteroatoms. The first-order valence-corrected chi connectivity index (χ1v) is 11.1. The van der Waals surface area contributed by atoms with Gasteiger partial charge >= 0.3 is 6.18 Å². The van der Waals surface area contributed by atoms with E-state index in [4.69, 9.17) is 4.42 Å². The third-order valence-corrected chi connectivity index (χ3v) is 6.55. The van der Waals surface area contributed by atoms with Gasteiger partial charge in [-0.1, -0.05) is 36.4 Å². The molecule has 1 saturated heterocycles. The van der Waals surface area contributed by atoms with Gasteiger partial charge in [-0.2, -0.15) is 13.2 Å². The van der Waals surface area contributed by atoms with Crippen molar-refractivity contribution in [2.24, 2.45) is 0 Å². The Kier molecular flexibility index (Phi) is 4.94. The molecule has 1 fully saturated rings. The molecule has 6 nitrogen and oxygen atoms in total. The molecular weight excluding hydrogens is 441 g/mol. The second kappa shape index (κ2) is 7.56.